The third-order valence-corrected chi connectivity index (χ3v) is 4.62. The molecule has 0 saturated carbocycles. The number of esters is 1. The van der Waals surface area contributed by atoms with Gasteiger partial charge in [0.25, 0.3) is 11.6 Å². The van der Waals surface area contributed by atoms with E-state index < -0.39 is 17.0 Å². The van der Waals surface area contributed by atoms with Crippen LogP contribution in [-0.2, 0) is 9.53 Å². The first kappa shape index (κ1) is 18.6. The van der Waals surface area contributed by atoms with E-state index in [4.69, 9.17) is 4.74 Å². The third kappa shape index (κ3) is 3.97. The molecule has 1 saturated heterocycles. The summed E-state index contributed by atoms with van der Waals surface area (Å²) in [5.74, 6) is -1.18. The van der Waals surface area contributed by atoms with Crippen molar-refractivity contribution in [2.24, 2.45) is 0 Å². The molecule has 3 rings (SSSR count). The first-order valence-corrected chi connectivity index (χ1v) is 8.77. The van der Waals surface area contributed by atoms with E-state index in [0.717, 1.165) is 12.8 Å². The molecular weight excluding hydrogens is 348 g/mol. The third-order valence-electron chi connectivity index (χ3n) is 4.62. The Kier molecular flexibility index (Phi) is 5.49. The van der Waals surface area contributed by atoms with Gasteiger partial charge in [0.1, 0.15) is 5.56 Å². The Balaban J connectivity index is 1.94. The molecule has 1 heterocycles. The highest BCUT2D eigenvalue weighted by atomic mass is 16.6. The predicted molar refractivity (Wildman–Crippen MR) is 98.2 cm³/mol. The topological polar surface area (TPSA) is 89.7 Å². The van der Waals surface area contributed by atoms with Gasteiger partial charge in [0.2, 0.25) is 6.10 Å². The van der Waals surface area contributed by atoms with E-state index in [1.807, 2.05) is 0 Å². The van der Waals surface area contributed by atoms with Crippen molar-refractivity contribution in [2.75, 3.05) is 13.1 Å². The van der Waals surface area contributed by atoms with Crippen molar-refractivity contribution in [1.29, 1.82) is 0 Å². The molecule has 1 aliphatic heterocycles. The van der Waals surface area contributed by atoms with Gasteiger partial charge >= 0.3 is 5.97 Å². The number of nitro benzene ring substituents is 1. The Morgan fingerprint density at radius 3 is 2.37 bits per heavy atom. The van der Waals surface area contributed by atoms with Crippen LogP contribution in [0, 0.1) is 17.0 Å². The fourth-order valence-corrected chi connectivity index (χ4v) is 3.23. The van der Waals surface area contributed by atoms with Gasteiger partial charge in [0.05, 0.1) is 4.92 Å². The summed E-state index contributed by atoms with van der Waals surface area (Å²) in [6, 6.07) is 13.1. The lowest BCUT2D eigenvalue weighted by Gasteiger charge is -2.23. The van der Waals surface area contributed by atoms with Gasteiger partial charge in [-0.15, -0.1) is 0 Å². The second-order valence-electron chi connectivity index (χ2n) is 6.45. The number of benzene rings is 2. The van der Waals surface area contributed by atoms with Gasteiger partial charge in [-0.1, -0.05) is 42.5 Å². The molecule has 1 amide bonds. The normalized spacial score (nSPS) is 14.6. The average Bonchev–Trinajstić information content (AvgIpc) is 3.20. The molecule has 7 heteroatoms. The zero-order chi connectivity index (χ0) is 19.4. The van der Waals surface area contributed by atoms with Gasteiger partial charge in [-0.2, -0.15) is 0 Å². The van der Waals surface area contributed by atoms with E-state index in [1.54, 1.807) is 48.2 Å². The number of ether oxygens (including phenoxy) is 1. The minimum atomic E-state index is -1.13. The summed E-state index contributed by atoms with van der Waals surface area (Å²) in [6.07, 6.45) is 0.686. The SMILES string of the molecule is Cc1cccc([N+](=O)[O-])c1C(=O)O[C@@H](C(=O)N1CCCC1)c1ccccc1. The summed E-state index contributed by atoms with van der Waals surface area (Å²) in [5, 5.41) is 11.3. The first-order valence-electron chi connectivity index (χ1n) is 8.77. The number of hydrogen-bond acceptors (Lipinski definition) is 5. The van der Waals surface area contributed by atoms with Gasteiger partial charge < -0.3 is 9.64 Å². The average molecular weight is 368 g/mol. The van der Waals surface area contributed by atoms with Crippen molar-refractivity contribution in [1.82, 2.24) is 4.90 Å². The lowest BCUT2D eigenvalue weighted by Crippen LogP contribution is -2.35. The molecule has 1 atom stereocenters. The number of nitrogens with zero attached hydrogens (tertiary/aromatic N) is 2. The number of nitro groups is 1. The summed E-state index contributed by atoms with van der Waals surface area (Å²) in [6.45, 7) is 2.83. The number of rotatable bonds is 5. The highest BCUT2D eigenvalue weighted by Gasteiger charge is 2.33. The van der Waals surface area contributed by atoms with Crippen molar-refractivity contribution < 1.29 is 19.2 Å². The fourth-order valence-electron chi connectivity index (χ4n) is 3.23. The molecule has 0 bridgehead atoms. The van der Waals surface area contributed by atoms with Gasteiger partial charge in [0, 0.05) is 24.7 Å². The Bertz CT molecular complexity index is 860. The number of carbonyl (C=O) groups excluding carboxylic acids is 2. The monoisotopic (exact) mass is 368 g/mol. The number of amides is 1. The summed E-state index contributed by atoms with van der Waals surface area (Å²) in [4.78, 5) is 38.1. The lowest BCUT2D eigenvalue weighted by molar-refractivity contribution is -0.385. The Morgan fingerprint density at radius 1 is 1.07 bits per heavy atom. The molecule has 140 valence electrons. The van der Waals surface area contributed by atoms with Crippen LogP contribution in [0.2, 0.25) is 0 Å². The number of aryl methyl sites for hydroxylation is 1. The number of hydrogen-bond donors (Lipinski definition) is 0. The van der Waals surface area contributed by atoms with Crippen LogP contribution in [0.4, 0.5) is 5.69 Å². The Morgan fingerprint density at radius 2 is 1.74 bits per heavy atom. The molecule has 1 fully saturated rings. The van der Waals surface area contributed by atoms with Crippen LogP contribution in [0.15, 0.2) is 48.5 Å². The predicted octanol–water partition coefficient (Wildman–Crippen LogP) is 3.42. The van der Waals surface area contributed by atoms with Crippen LogP contribution in [0.25, 0.3) is 0 Å². The van der Waals surface area contributed by atoms with Crippen LogP contribution in [0.1, 0.15) is 40.4 Å². The quantitative estimate of drug-likeness (QED) is 0.458. The molecule has 27 heavy (non-hydrogen) atoms. The van der Waals surface area contributed by atoms with Gasteiger partial charge in [-0.25, -0.2) is 4.79 Å². The van der Waals surface area contributed by atoms with Crippen molar-refractivity contribution in [3.05, 3.63) is 75.3 Å². The van der Waals surface area contributed by atoms with E-state index in [2.05, 4.69) is 0 Å². The number of carbonyl (C=O) groups is 2. The summed E-state index contributed by atoms with van der Waals surface area (Å²) >= 11 is 0. The zero-order valence-corrected chi connectivity index (χ0v) is 15.0. The molecule has 0 aliphatic carbocycles. The highest BCUT2D eigenvalue weighted by molar-refractivity contribution is 5.97. The van der Waals surface area contributed by atoms with Crippen molar-refractivity contribution in [3.63, 3.8) is 0 Å². The Hall–Kier alpha value is -3.22. The van der Waals surface area contributed by atoms with Crippen molar-refractivity contribution in [3.8, 4) is 0 Å². The van der Waals surface area contributed by atoms with Crippen LogP contribution in [0.5, 0.6) is 0 Å². The lowest BCUT2D eigenvalue weighted by atomic mass is 10.1. The molecule has 7 nitrogen and oxygen atoms in total. The largest absolute Gasteiger partial charge is 0.443 e. The highest BCUT2D eigenvalue weighted by Crippen LogP contribution is 2.28. The molecule has 2 aromatic carbocycles. The minimum absolute atomic E-state index is 0.127. The van der Waals surface area contributed by atoms with E-state index in [0.29, 0.717) is 24.2 Å². The van der Waals surface area contributed by atoms with E-state index in [1.165, 1.54) is 12.1 Å². The van der Waals surface area contributed by atoms with Crippen LogP contribution >= 0.6 is 0 Å². The maximum atomic E-state index is 12.9. The Labute approximate surface area is 156 Å². The summed E-state index contributed by atoms with van der Waals surface area (Å²) in [5.41, 5.74) is 0.506. The van der Waals surface area contributed by atoms with E-state index in [9.17, 15) is 19.7 Å². The van der Waals surface area contributed by atoms with Crippen LogP contribution < -0.4 is 0 Å². The molecular formula is C20H20N2O5. The van der Waals surface area contributed by atoms with Crippen molar-refractivity contribution >= 4 is 17.6 Å². The van der Waals surface area contributed by atoms with Crippen LogP contribution in [0.3, 0.4) is 0 Å². The smallest absolute Gasteiger partial charge is 0.346 e. The van der Waals surface area contributed by atoms with E-state index >= 15 is 0 Å². The zero-order valence-electron chi connectivity index (χ0n) is 15.0. The standard InChI is InChI=1S/C20H20N2O5/c1-14-8-7-11-16(22(25)26)17(14)20(24)27-18(15-9-3-2-4-10-15)19(23)21-12-5-6-13-21/h2-4,7-11,18H,5-6,12-13H2,1H3/t18-/m1/s1. The molecule has 0 radical (unpaired) electrons. The minimum Gasteiger partial charge on any atom is -0.443 e. The van der Waals surface area contributed by atoms with E-state index in [-0.39, 0.29) is 17.2 Å². The maximum Gasteiger partial charge on any atom is 0.346 e. The van der Waals surface area contributed by atoms with Crippen LogP contribution in [-0.4, -0.2) is 34.8 Å². The molecule has 0 aromatic heterocycles. The second kappa shape index (κ2) is 7.99. The fraction of sp³-hybridized carbons (Fsp3) is 0.300. The molecule has 0 unspecified atom stereocenters. The molecule has 0 spiro atoms. The molecule has 0 N–H and O–H groups in total. The molecule has 2 aromatic rings. The van der Waals surface area contributed by atoms with Gasteiger partial charge in [-0.05, 0) is 25.3 Å². The van der Waals surface area contributed by atoms with Crippen molar-refractivity contribution in [2.45, 2.75) is 25.9 Å². The van der Waals surface area contributed by atoms with Gasteiger partial charge in [-0.3, -0.25) is 14.9 Å². The number of likely N-dealkylation sites (tertiary alicyclic amines) is 1. The summed E-state index contributed by atoms with van der Waals surface area (Å²) < 4.78 is 5.53. The second-order valence-corrected chi connectivity index (χ2v) is 6.45. The first-order chi connectivity index (χ1) is 13.0. The summed E-state index contributed by atoms with van der Waals surface area (Å²) in [7, 11) is 0. The maximum absolute atomic E-state index is 12.9. The van der Waals surface area contributed by atoms with Gasteiger partial charge in [0.15, 0.2) is 0 Å². The molecule has 1 aliphatic rings.